The van der Waals surface area contributed by atoms with E-state index in [1.165, 1.54) is 17.1 Å². The number of aromatic nitrogens is 4. The molecule has 2 rings (SSSR count). The van der Waals surface area contributed by atoms with Gasteiger partial charge in [0.25, 0.3) is 0 Å². The van der Waals surface area contributed by atoms with Crippen molar-refractivity contribution >= 4 is 5.69 Å². The van der Waals surface area contributed by atoms with Crippen molar-refractivity contribution in [2.75, 3.05) is 11.9 Å². The summed E-state index contributed by atoms with van der Waals surface area (Å²) in [7, 11) is 0. The quantitative estimate of drug-likeness (QED) is 0.870. The zero-order valence-electron chi connectivity index (χ0n) is 11.2. The van der Waals surface area contributed by atoms with Gasteiger partial charge in [-0.25, -0.2) is 9.07 Å². The van der Waals surface area contributed by atoms with Crippen molar-refractivity contribution in [3.8, 4) is 5.69 Å². The molecule has 0 bridgehead atoms. The summed E-state index contributed by atoms with van der Waals surface area (Å²) in [4.78, 5) is 0. The highest BCUT2D eigenvalue weighted by molar-refractivity contribution is 5.52. The Morgan fingerprint density at radius 2 is 2.11 bits per heavy atom. The molecule has 1 heterocycles. The summed E-state index contributed by atoms with van der Waals surface area (Å²) < 4.78 is 15.2. The fourth-order valence-electron chi connectivity index (χ4n) is 1.90. The minimum absolute atomic E-state index is 0.261. The maximum absolute atomic E-state index is 13.7. The van der Waals surface area contributed by atoms with E-state index in [4.69, 9.17) is 0 Å². The molecule has 5 nitrogen and oxygen atoms in total. The van der Waals surface area contributed by atoms with E-state index in [1.54, 1.807) is 12.1 Å². The molecule has 1 aromatic heterocycles. The minimum Gasteiger partial charge on any atom is -0.382 e. The zero-order chi connectivity index (χ0) is 13.7. The van der Waals surface area contributed by atoms with E-state index in [2.05, 4.69) is 34.7 Å². The van der Waals surface area contributed by atoms with E-state index in [0.717, 1.165) is 25.1 Å². The largest absolute Gasteiger partial charge is 0.382 e. The lowest BCUT2D eigenvalue weighted by Crippen LogP contribution is -2.13. The number of nitrogens with one attached hydrogen (secondary N) is 1. The first kappa shape index (κ1) is 13.5. The van der Waals surface area contributed by atoms with Crippen molar-refractivity contribution in [3.05, 3.63) is 30.3 Å². The van der Waals surface area contributed by atoms with E-state index in [-0.39, 0.29) is 5.82 Å². The summed E-state index contributed by atoms with van der Waals surface area (Å²) in [5.74, 6) is 0.291. The van der Waals surface area contributed by atoms with Crippen LogP contribution < -0.4 is 5.32 Å². The molecule has 0 atom stereocenters. The Balaban J connectivity index is 2.14. The smallest absolute Gasteiger partial charge is 0.146 e. The summed E-state index contributed by atoms with van der Waals surface area (Å²) in [6.07, 6.45) is 3.65. The molecular formula is C13H18FN5. The minimum atomic E-state index is -0.261. The maximum atomic E-state index is 13.7. The Hall–Kier alpha value is -1.98. The Bertz CT molecular complexity index is 508. The van der Waals surface area contributed by atoms with Crippen molar-refractivity contribution < 1.29 is 4.39 Å². The van der Waals surface area contributed by atoms with Gasteiger partial charge in [-0.2, -0.15) is 0 Å². The van der Waals surface area contributed by atoms with Crippen LogP contribution in [0, 0.1) is 11.7 Å². The van der Waals surface area contributed by atoms with Gasteiger partial charge < -0.3 is 5.32 Å². The van der Waals surface area contributed by atoms with Gasteiger partial charge in [-0.3, -0.25) is 0 Å². The fraction of sp³-hybridized carbons (Fsp3) is 0.462. The van der Waals surface area contributed by atoms with Crippen molar-refractivity contribution in [1.82, 2.24) is 20.2 Å². The highest BCUT2D eigenvalue weighted by Crippen LogP contribution is 2.19. The van der Waals surface area contributed by atoms with Crippen LogP contribution in [0.15, 0.2) is 24.5 Å². The summed E-state index contributed by atoms with van der Waals surface area (Å²) in [5.41, 5.74) is 1.22. The first-order valence-corrected chi connectivity index (χ1v) is 6.51. The standard InChI is InChI=1S/C13H18FN5/c1-3-10(4-2)8-15-13-7-11(5-6-12(13)14)19-9-16-17-18-19/h5-7,9-10,15H,3-4,8H2,1-2H3. The molecule has 0 fully saturated rings. The number of benzene rings is 1. The third-order valence-electron chi connectivity index (χ3n) is 3.30. The van der Waals surface area contributed by atoms with Gasteiger partial charge in [-0.1, -0.05) is 26.7 Å². The van der Waals surface area contributed by atoms with Gasteiger partial charge in [0.1, 0.15) is 12.1 Å². The molecule has 0 saturated heterocycles. The topological polar surface area (TPSA) is 55.6 Å². The van der Waals surface area contributed by atoms with E-state index >= 15 is 0 Å². The van der Waals surface area contributed by atoms with Crippen LogP contribution in [-0.2, 0) is 0 Å². The van der Waals surface area contributed by atoms with E-state index in [0.29, 0.717) is 11.6 Å². The van der Waals surface area contributed by atoms with Crippen LogP contribution in [0.1, 0.15) is 26.7 Å². The molecule has 0 spiro atoms. The van der Waals surface area contributed by atoms with E-state index in [1.807, 2.05) is 0 Å². The average molecular weight is 263 g/mol. The van der Waals surface area contributed by atoms with E-state index in [9.17, 15) is 4.39 Å². The molecule has 2 aromatic rings. The van der Waals surface area contributed by atoms with E-state index < -0.39 is 0 Å². The molecule has 19 heavy (non-hydrogen) atoms. The van der Waals surface area contributed by atoms with Crippen LogP contribution >= 0.6 is 0 Å². The van der Waals surface area contributed by atoms with Crippen molar-refractivity contribution in [3.63, 3.8) is 0 Å². The second-order valence-electron chi connectivity index (χ2n) is 4.48. The van der Waals surface area contributed by atoms with Gasteiger partial charge in [0.15, 0.2) is 0 Å². The lowest BCUT2D eigenvalue weighted by Gasteiger charge is -2.15. The number of halogens is 1. The molecule has 0 amide bonds. The summed E-state index contributed by atoms with van der Waals surface area (Å²) in [5, 5.41) is 14.1. The fourth-order valence-corrected chi connectivity index (χ4v) is 1.90. The Labute approximate surface area is 111 Å². The predicted octanol–water partition coefficient (Wildman–Crippen LogP) is 2.65. The van der Waals surface area contributed by atoms with Crippen LogP contribution in [0.25, 0.3) is 5.69 Å². The number of anilines is 1. The molecule has 1 aromatic carbocycles. The molecule has 6 heteroatoms. The number of hydrogen-bond donors (Lipinski definition) is 1. The summed E-state index contributed by atoms with van der Waals surface area (Å²) in [6.45, 7) is 5.05. The van der Waals surface area contributed by atoms with Crippen molar-refractivity contribution in [1.29, 1.82) is 0 Å². The molecule has 1 N–H and O–H groups in total. The van der Waals surface area contributed by atoms with Crippen LogP contribution in [0.4, 0.5) is 10.1 Å². The van der Waals surface area contributed by atoms with Crippen LogP contribution in [0.2, 0.25) is 0 Å². The summed E-state index contributed by atoms with van der Waals surface area (Å²) in [6, 6.07) is 4.79. The predicted molar refractivity (Wildman–Crippen MR) is 71.7 cm³/mol. The molecule has 0 aliphatic rings. The number of nitrogens with zero attached hydrogens (tertiary/aromatic N) is 4. The van der Waals surface area contributed by atoms with Crippen LogP contribution in [0.3, 0.4) is 0 Å². The average Bonchev–Trinajstić information content (AvgIpc) is 2.96. The number of hydrogen-bond acceptors (Lipinski definition) is 4. The first-order chi connectivity index (χ1) is 9.24. The van der Waals surface area contributed by atoms with Gasteiger partial charge in [0.2, 0.25) is 0 Å². The SMILES string of the molecule is CCC(CC)CNc1cc(-n2cnnn2)ccc1F. The lowest BCUT2D eigenvalue weighted by atomic mass is 10.0. The number of rotatable bonds is 6. The molecule has 102 valence electrons. The zero-order valence-corrected chi connectivity index (χ0v) is 11.2. The molecule has 0 unspecified atom stereocenters. The molecule has 0 aliphatic carbocycles. The Kier molecular flexibility index (Phi) is 4.43. The lowest BCUT2D eigenvalue weighted by molar-refractivity contribution is 0.517. The second-order valence-corrected chi connectivity index (χ2v) is 4.48. The molecule has 0 radical (unpaired) electrons. The summed E-state index contributed by atoms with van der Waals surface area (Å²) >= 11 is 0. The highest BCUT2D eigenvalue weighted by Gasteiger charge is 2.08. The Morgan fingerprint density at radius 3 is 2.74 bits per heavy atom. The van der Waals surface area contributed by atoms with Gasteiger partial charge in [0.05, 0.1) is 11.4 Å². The van der Waals surface area contributed by atoms with Crippen LogP contribution in [-0.4, -0.2) is 26.8 Å². The van der Waals surface area contributed by atoms with Gasteiger partial charge in [-0.15, -0.1) is 5.10 Å². The molecular weight excluding hydrogens is 245 g/mol. The van der Waals surface area contributed by atoms with Crippen molar-refractivity contribution in [2.45, 2.75) is 26.7 Å². The molecule has 0 aliphatic heterocycles. The van der Waals surface area contributed by atoms with Gasteiger partial charge >= 0.3 is 0 Å². The maximum Gasteiger partial charge on any atom is 0.146 e. The highest BCUT2D eigenvalue weighted by atomic mass is 19.1. The van der Waals surface area contributed by atoms with Crippen molar-refractivity contribution in [2.24, 2.45) is 5.92 Å². The second kappa shape index (κ2) is 6.26. The van der Waals surface area contributed by atoms with Gasteiger partial charge in [-0.05, 0) is 34.5 Å². The monoisotopic (exact) mass is 263 g/mol. The van der Waals surface area contributed by atoms with Crippen LogP contribution in [0.5, 0.6) is 0 Å². The third-order valence-corrected chi connectivity index (χ3v) is 3.30. The third kappa shape index (κ3) is 3.27. The number of tetrazole rings is 1. The first-order valence-electron chi connectivity index (χ1n) is 6.51. The Morgan fingerprint density at radius 1 is 1.32 bits per heavy atom. The van der Waals surface area contributed by atoms with Gasteiger partial charge in [0, 0.05) is 6.54 Å². The normalized spacial score (nSPS) is 10.9. The molecule has 0 saturated carbocycles.